The van der Waals surface area contributed by atoms with E-state index in [4.69, 9.17) is 16.3 Å². The molecule has 0 radical (unpaired) electrons. The maximum atomic E-state index is 13.3. The van der Waals surface area contributed by atoms with E-state index in [1.165, 1.54) is 7.11 Å². The van der Waals surface area contributed by atoms with Crippen molar-refractivity contribution in [3.8, 4) is 16.5 Å². The second kappa shape index (κ2) is 4.08. The molecule has 7 heteroatoms. The SMILES string of the molecule is COc1cc(-c2nc(Cl)ncc2F)sn1. The summed E-state index contributed by atoms with van der Waals surface area (Å²) in [6.45, 7) is 0. The summed E-state index contributed by atoms with van der Waals surface area (Å²) in [6.07, 6.45) is 1.02. The highest BCUT2D eigenvalue weighted by atomic mass is 35.5. The van der Waals surface area contributed by atoms with E-state index in [9.17, 15) is 4.39 Å². The largest absolute Gasteiger partial charge is 0.480 e. The predicted molar refractivity (Wildman–Crippen MR) is 54.7 cm³/mol. The molecule has 2 aromatic heterocycles. The lowest BCUT2D eigenvalue weighted by Gasteiger charge is -1.97. The van der Waals surface area contributed by atoms with Gasteiger partial charge >= 0.3 is 0 Å². The van der Waals surface area contributed by atoms with Crippen LogP contribution in [0.15, 0.2) is 12.3 Å². The molecule has 4 nitrogen and oxygen atoms in total. The number of halogens is 2. The molecule has 0 bridgehead atoms. The molecule has 78 valence electrons. The molecular weight excluding hydrogens is 241 g/mol. The second-order valence-electron chi connectivity index (χ2n) is 2.57. The van der Waals surface area contributed by atoms with Crippen LogP contribution >= 0.6 is 23.1 Å². The average molecular weight is 246 g/mol. The molecule has 0 N–H and O–H groups in total. The first-order valence-electron chi connectivity index (χ1n) is 3.90. The van der Waals surface area contributed by atoms with E-state index in [2.05, 4.69) is 14.3 Å². The van der Waals surface area contributed by atoms with Gasteiger partial charge in [-0.15, -0.1) is 0 Å². The van der Waals surface area contributed by atoms with Gasteiger partial charge in [0, 0.05) is 6.07 Å². The molecular formula is C8H5ClFN3OS. The Morgan fingerprint density at radius 1 is 1.53 bits per heavy atom. The minimum absolute atomic E-state index is 0.00114. The number of rotatable bonds is 2. The third-order valence-electron chi connectivity index (χ3n) is 1.65. The third-order valence-corrected chi connectivity index (χ3v) is 2.61. The number of hydrogen-bond acceptors (Lipinski definition) is 5. The number of ether oxygens (including phenoxy) is 1. The van der Waals surface area contributed by atoms with Crippen LogP contribution in [0.3, 0.4) is 0 Å². The lowest BCUT2D eigenvalue weighted by molar-refractivity contribution is 0.403. The van der Waals surface area contributed by atoms with Crippen LogP contribution in [-0.4, -0.2) is 21.5 Å². The molecule has 0 aliphatic rings. The van der Waals surface area contributed by atoms with Crippen LogP contribution in [0.25, 0.3) is 10.6 Å². The molecule has 0 saturated heterocycles. The lowest BCUT2D eigenvalue weighted by Crippen LogP contribution is -1.90. The van der Waals surface area contributed by atoms with Crippen molar-refractivity contribution in [2.24, 2.45) is 0 Å². The Balaban J connectivity index is 2.48. The van der Waals surface area contributed by atoms with Crippen LogP contribution in [0, 0.1) is 5.82 Å². The average Bonchev–Trinajstić information content (AvgIpc) is 2.70. The molecule has 0 aliphatic heterocycles. The van der Waals surface area contributed by atoms with E-state index in [0.29, 0.717) is 10.8 Å². The van der Waals surface area contributed by atoms with Crippen LogP contribution in [0.5, 0.6) is 5.88 Å². The van der Waals surface area contributed by atoms with Gasteiger partial charge in [-0.05, 0) is 23.1 Å². The highest BCUT2D eigenvalue weighted by Gasteiger charge is 2.12. The Morgan fingerprint density at radius 2 is 2.33 bits per heavy atom. The monoisotopic (exact) mass is 245 g/mol. The molecule has 0 atom stereocenters. The minimum Gasteiger partial charge on any atom is -0.480 e. The molecule has 15 heavy (non-hydrogen) atoms. The Bertz CT molecular complexity index is 490. The molecule has 0 amide bonds. The van der Waals surface area contributed by atoms with Crippen LogP contribution < -0.4 is 4.74 Å². The van der Waals surface area contributed by atoms with Gasteiger partial charge in [0.2, 0.25) is 11.2 Å². The maximum absolute atomic E-state index is 13.3. The van der Waals surface area contributed by atoms with Crippen molar-refractivity contribution in [1.82, 2.24) is 14.3 Å². The van der Waals surface area contributed by atoms with Gasteiger partial charge in [-0.2, -0.15) is 4.37 Å². The Hall–Kier alpha value is -1.27. The first kappa shape index (κ1) is 10.3. The molecule has 0 aliphatic carbocycles. The van der Waals surface area contributed by atoms with Gasteiger partial charge in [-0.3, -0.25) is 0 Å². The van der Waals surface area contributed by atoms with Crippen molar-refractivity contribution in [3.63, 3.8) is 0 Å². The summed E-state index contributed by atoms with van der Waals surface area (Å²) in [5, 5.41) is -0.00114. The first-order chi connectivity index (χ1) is 7.20. The fourth-order valence-electron chi connectivity index (χ4n) is 0.985. The topological polar surface area (TPSA) is 47.9 Å². The van der Waals surface area contributed by atoms with Gasteiger partial charge in [-0.1, -0.05) is 0 Å². The number of methoxy groups -OCH3 is 1. The fraction of sp³-hybridized carbons (Fsp3) is 0.125. The highest BCUT2D eigenvalue weighted by Crippen LogP contribution is 2.28. The zero-order chi connectivity index (χ0) is 10.8. The molecule has 2 heterocycles. The quantitative estimate of drug-likeness (QED) is 0.763. The van der Waals surface area contributed by atoms with E-state index >= 15 is 0 Å². The summed E-state index contributed by atoms with van der Waals surface area (Å²) < 4.78 is 22.1. The molecule has 0 fully saturated rings. The lowest BCUT2D eigenvalue weighted by atomic mass is 10.3. The van der Waals surface area contributed by atoms with E-state index in [1.54, 1.807) is 6.07 Å². The zero-order valence-electron chi connectivity index (χ0n) is 7.57. The van der Waals surface area contributed by atoms with Crippen LogP contribution in [0.1, 0.15) is 0 Å². The summed E-state index contributed by atoms with van der Waals surface area (Å²) in [5.74, 6) is -0.116. The normalized spacial score (nSPS) is 10.3. The minimum atomic E-state index is -0.536. The van der Waals surface area contributed by atoms with E-state index in [0.717, 1.165) is 17.7 Å². The van der Waals surface area contributed by atoms with Crippen LogP contribution in [0.2, 0.25) is 5.28 Å². The number of nitrogens with zero attached hydrogens (tertiary/aromatic N) is 3. The van der Waals surface area contributed by atoms with Gasteiger partial charge < -0.3 is 4.74 Å². The van der Waals surface area contributed by atoms with Crippen molar-refractivity contribution in [1.29, 1.82) is 0 Å². The molecule has 2 aromatic rings. The molecule has 0 unspecified atom stereocenters. The predicted octanol–water partition coefficient (Wildman–Crippen LogP) is 2.40. The Labute approximate surface area is 93.9 Å². The van der Waals surface area contributed by atoms with Gasteiger partial charge in [0.1, 0.15) is 5.69 Å². The fourth-order valence-corrected chi connectivity index (χ4v) is 1.82. The van der Waals surface area contributed by atoms with Crippen molar-refractivity contribution in [2.75, 3.05) is 7.11 Å². The summed E-state index contributed by atoms with van der Waals surface area (Å²) in [7, 11) is 1.49. The highest BCUT2D eigenvalue weighted by molar-refractivity contribution is 7.09. The van der Waals surface area contributed by atoms with Crippen molar-refractivity contribution in [2.45, 2.75) is 0 Å². The Kier molecular flexibility index (Phi) is 2.79. The molecule has 0 spiro atoms. The first-order valence-corrected chi connectivity index (χ1v) is 5.05. The summed E-state index contributed by atoms with van der Waals surface area (Å²) in [6, 6.07) is 1.59. The van der Waals surface area contributed by atoms with E-state index in [1.807, 2.05) is 0 Å². The van der Waals surface area contributed by atoms with Crippen molar-refractivity contribution in [3.05, 3.63) is 23.4 Å². The smallest absolute Gasteiger partial charge is 0.225 e. The molecule has 0 aromatic carbocycles. The zero-order valence-corrected chi connectivity index (χ0v) is 9.14. The van der Waals surface area contributed by atoms with Crippen LogP contribution in [-0.2, 0) is 0 Å². The summed E-state index contributed by atoms with van der Waals surface area (Å²) in [5.41, 5.74) is 0.135. The summed E-state index contributed by atoms with van der Waals surface area (Å²) >= 11 is 6.66. The Morgan fingerprint density at radius 3 is 3.00 bits per heavy atom. The molecule has 0 saturated carbocycles. The second-order valence-corrected chi connectivity index (χ2v) is 3.71. The maximum Gasteiger partial charge on any atom is 0.225 e. The van der Waals surface area contributed by atoms with E-state index in [-0.39, 0.29) is 11.0 Å². The third kappa shape index (κ3) is 2.05. The van der Waals surface area contributed by atoms with Crippen molar-refractivity contribution < 1.29 is 9.13 Å². The van der Waals surface area contributed by atoms with Crippen molar-refractivity contribution >= 4 is 23.1 Å². The van der Waals surface area contributed by atoms with Crippen LogP contribution in [0.4, 0.5) is 4.39 Å². The van der Waals surface area contributed by atoms with Gasteiger partial charge in [0.05, 0.1) is 18.2 Å². The number of aromatic nitrogens is 3. The van der Waals surface area contributed by atoms with Gasteiger partial charge in [0.25, 0.3) is 0 Å². The summed E-state index contributed by atoms with van der Waals surface area (Å²) in [4.78, 5) is 7.86. The van der Waals surface area contributed by atoms with Gasteiger partial charge in [0.15, 0.2) is 5.82 Å². The van der Waals surface area contributed by atoms with Gasteiger partial charge in [-0.25, -0.2) is 14.4 Å². The number of hydrogen-bond donors (Lipinski definition) is 0. The molecule has 2 rings (SSSR count). The van der Waals surface area contributed by atoms with E-state index < -0.39 is 5.82 Å². The standard InChI is InChI=1S/C8H5ClFN3OS/c1-14-6-2-5(15-13-6)7-4(10)3-11-8(9)12-7/h2-3H,1H3.